The van der Waals surface area contributed by atoms with E-state index >= 15 is 0 Å². The number of carbonyl (C=O) groups is 1. The van der Waals surface area contributed by atoms with Gasteiger partial charge in [0, 0.05) is 17.7 Å². The van der Waals surface area contributed by atoms with Crippen molar-refractivity contribution in [3.8, 4) is 5.75 Å². The Balaban J connectivity index is 1.53. The molecule has 1 aliphatic carbocycles. The maximum absolute atomic E-state index is 13.8. The molecule has 1 aliphatic heterocycles. The smallest absolute Gasteiger partial charge is 0.459 e. The van der Waals surface area contributed by atoms with Crippen molar-refractivity contribution in [2.24, 2.45) is 5.41 Å². The van der Waals surface area contributed by atoms with Crippen LogP contribution in [0.5, 0.6) is 5.75 Å². The van der Waals surface area contributed by atoms with Gasteiger partial charge in [-0.3, -0.25) is 23.7 Å². The number of H-pyrrole nitrogens is 1. The van der Waals surface area contributed by atoms with Crippen LogP contribution in [0.15, 0.2) is 52.2 Å². The quantitative estimate of drug-likeness (QED) is 0.286. The summed E-state index contributed by atoms with van der Waals surface area (Å²) in [5.74, 6) is -0.362. The van der Waals surface area contributed by atoms with Gasteiger partial charge in [0.05, 0.1) is 18.8 Å². The van der Waals surface area contributed by atoms with Gasteiger partial charge in [-0.25, -0.2) is 9.36 Å². The van der Waals surface area contributed by atoms with Gasteiger partial charge in [-0.15, -0.1) is 0 Å². The lowest BCUT2D eigenvalue weighted by atomic mass is 9.96. The molecular formula is C24H32N3O9P. The average Bonchev–Trinajstić information content (AvgIpc) is 3.60. The highest BCUT2D eigenvalue weighted by atomic mass is 31.2. The fourth-order valence-electron chi connectivity index (χ4n) is 4.36. The first-order chi connectivity index (χ1) is 17.6. The Morgan fingerprint density at radius 1 is 1.27 bits per heavy atom. The van der Waals surface area contributed by atoms with Crippen LogP contribution in [-0.2, 0) is 23.4 Å². The third-order valence-corrected chi connectivity index (χ3v) is 7.97. The SMILES string of the molecule is CC[C@@H](NP(=O)(OC[C@H]1O[C@@H](n2ccc(=O)[nH]c2=O)C2(CC2)[C@@H]1O)Oc1ccccc1)C(=O)OC(C)C. The molecule has 1 saturated carbocycles. The zero-order valence-corrected chi connectivity index (χ0v) is 21.8. The number of ether oxygens (including phenoxy) is 2. The lowest BCUT2D eigenvalue weighted by Crippen LogP contribution is -2.39. The maximum Gasteiger partial charge on any atom is 0.459 e. The van der Waals surface area contributed by atoms with Crippen molar-refractivity contribution in [3.63, 3.8) is 0 Å². The number of hydrogen-bond acceptors (Lipinski definition) is 9. The van der Waals surface area contributed by atoms with Crippen molar-refractivity contribution >= 4 is 13.7 Å². The molecule has 5 atom stereocenters. The highest BCUT2D eigenvalue weighted by Gasteiger charge is 2.64. The zero-order valence-electron chi connectivity index (χ0n) is 20.9. The van der Waals surface area contributed by atoms with E-state index in [1.165, 1.54) is 16.8 Å². The molecular weight excluding hydrogens is 505 g/mol. The molecule has 1 aromatic carbocycles. The Morgan fingerprint density at radius 2 is 1.97 bits per heavy atom. The summed E-state index contributed by atoms with van der Waals surface area (Å²) in [7, 11) is -4.18. The topological polar surface area (TPSA) is 158 Å². The summed E-state index contributed by atoms with van der Waals surface area (Å²) in [4.78, 5) is 38.6. The molecule has 0 radical (unpaired) electrons. The molecule has 1 unspecified atom stereocenters. The number of esters is 1. The monoisotopic (exact) mass is 537 g/mol. The lowest BCUT2D eigenvalue weighted by Gasteiger charge is -2.26. The van der Waals surface area contributed by atoms with Crippen molar-refractivity contribution in [1.82, 2.24) is 14.6 Å². The number of hydrogen-bond donors (Lipinski definition) is 3. The summed E-state index contributed by atoms with van der Waals surface area (Å²) in [5.41, 5.74) is -1.94. The van der Waals surface area contributed by atoms with Gasteiger partial charge in [0.2, 0.25) is 0 Å². The van der Waals surface area contributed by atoms with E-state index in [1.807, 2.05) is 0 Å². The van der Waals surface area contributed by atoms with E-state index in [9.17, 15) is 24.1 Å². The number of carbonyl (C=O) groups excluding carboxylic acids is 1. The predicted octanol–water partition coefficient (Wildman–Crippen LogP) is 2.10. The van der Waals surface area contributed by atoms with Crippen molar-refractivity contribution in [3.05, 3.63) is 63.4 Å². The van der Waals surface area contributed by atoms with Crippen LogP contribution < -0.4 is 20.9 Å². The first-order valence-corrected chi connectivity index (χ1v) is 13.7. The lowest BCUT2D eigenvalue weighted by molar-refractivity contribution is -0.149. The maximum atomic E-state index is 13.8. The van der Waals surface area contributed by atoms with Crippen molar-refractivity contribution in [1.29, 1.82) is 0 Å². The van der Waals surface area contributed by atoms with Crippen LogP contribution in [0, 0.1) is 5.41 Å². The normalized spacial score (nSPS) is 24.5. The van der Waals surface area contributed by atoms with E-state index in [0.29, 0.717) is 12.8 Å². The molecule has 2 fully saturated rings. The predicted molar refractivity (Wildman–Crippen MR) is 132 cm³/mol. The third-order valence-electron chi connectivity index (χ3n) is 6.40. The van der Waals surface area contributed by atoms with Crippen LogP contribution in [0.2, 0.25) is 0 Å². The fraction of sp³-hybridized carbons (Fsp3) is 0.542. The second-order valence-electron chi connectivity index (χ2n) is 9.50. The number of rotatable bonds is 11. The molecule has 13 heteroatoms. The Hall–Kier alpha value is -2.76. The summed E-state index contributed by atoms with van der Waals surface area (Å²) in [6.45, 7) is 4.78. The van der Waals surface area contributed by atoms with Gasteiger partial charge in [0.25, 0.3) is 5.56 Å². The summed E-state index contributed by atoms with van der Waals surface area (Å²) in [6, 6.07) is 8.54. The molecule has 3 N–H and O–H groups in total. The molecule has 12 nitrogen and oxygen atoms in total. The molecule has 37 heavy (non-hydrogen) atoms. The van der Waals surface area contributed by atoms with E-state index in [4.69, 9.17) is 18.5 Å². The molecule has 1 spiro atoms. The molecule has 1 saturated heterocycles. The number of nitrogens with one attached hydrogen (secondary N) is 2. The molecule has 0 bridgehead atoms. The Bertz CT molecular complexity index is 1260. The summed E-state index contributed by atoms with van der Waals surface area (Å²) in [6.07, 6.45) is -0.445. The molecule has 4 rings (SSSR count). The second kappa shape index (κ2) is 10.9. The standard InChI is InChI=1S/C24H32N3O9P/c1-4-17(21(30)34-15(2)3)26-37(32,36-16-8-6-5-7-9-16)33-14-18-20(29)24(11-12-24)22(35-18)27-13-10-19(28)25-23(27)31/h5-10,13,15,17-18,20,22,29H,4,11-12,14H2,1-3H3,(H,26,32)(H,25,28,31)/t17-,18-,20-,22-,37?/m1/s1. The number of nitrogens with zero attached hydrogens (tertiary/aromatic N) is 1. The van der Waals surface area contributed by atoms with Crippen molar-refractivity contribution in [2.75, 3.05) is 6.61 Å². The second-order valence-corrected chi connectivity index (χ2v) is 11.2. The molecule has 202 valence electrons. The first-order valence-electron chi connectivity index (χ1n) is 12.2. The van der Waals surface area contributed by atoms with Crippen LogP contribution in [0.4, 0.5) is 0 Å². The average molecular weight is 538 g/mol. The molecule has 2 aliphatic rings. The minimum atomic E-state index is -4.18. The van der Waals surface area contributed by atoms with E-state index in [-0.39, 0.29) is 24.9 Å². The molecule has 0 amide bonds. The Morgan fingerprint density at radius 3 is 2.57 bits per heavy atom. The van der Waals surface area contributed by atoms with E-state index in [0.717, 1.165) is 0 Å². The van der Waals surface area contributed by atoms with E-state index in [2.05, 4.69) is 10.1 Å². The summed E-state index contributed by atoms with van der Waals surface area (Å²) < 4.78 is 37.7. The van der Waals surface area contributed by atoms with Gasteiger partial charge in [-0.2, -0.15) is 5.09 Å². The van der Waals surface area contributed by atoms with Gasteiger partial charge in [-0.1, -0.05) is 25.1 Å². The highest BCUT2D eigenvalue weighted by molar-refractivity contribution is 7.52. The highest BCUT2D eigenvalue weighted by Crippen LogP contribution is 2.62. The van der Waals surface area contributed by atoms with Gasteiger partial charge in [0.1, 0.15) is 24.1 Å². The van der Waals surface area contributed by atoms with Crippen LogP contribution in [0.3, 0.4) is 0 Å². The van der Waals surface area contributed by atoms with E-state index < -0.39 is 54.9 Å². The number of para-hydroxylation sites is 1. The van der Waals surface area contributed by atoms with Gasteiger partial charge >= 0.3 is 19.4 Å². The van der Waals surface area contributed by atoms with Crippen LogP contribution in [0.25, 0.3) is 0 Å². The van der Waals surface area contributed by atoms with Gasteiger partial charge < -0.3 is 19.1 Å². The Kier molecular flexibility index (Phi) is 8.05. The minimum Gasteiger partial charge on any atom is -0.462 e. The van der Waals surface area contributed by atoms with Crippen molar-refractivity contribution < 1.29 is 33.0 Å². The van der Waals surface area contributed by atoms with Gasteiger partial charge in [-0.05, 0) is 45.2 Å². The number of aliphatic hydroxyl groups excluding tert-OH is 1. The first kappa shape index (κ1) is 27.3. The van der Waals surface area contributed by atoms with Crippen LogP contribution in [-0.4, -0.2) is 51.6 Å². The largest absolute Gasteiger partial charge is 0.462 e. The van der Waals surface area contributed by atoms with E-state index in [1.54, 1.807) is 51.1 Å². The Labute approximate surface area is 213 Å². The third kappa shape index (κ3) is 6.05. The van der Waals surface area contributed by atoms with Crippen molar-refractivity contribution in [2.45, 2.75) is 70.6 Å². The summed E-state index contributed by atoms with van der Waals surface area (Å²) in [5, 5.41) is 13.7. The number of aliphatic hydroxyl groups is 1. The van der Waals surface area contributed by atoms with Crippen LogP contribution in [0.1, 0.15) is 46.3 Å². The molecule has 2 heterocycles. The van der Waals surface area contributed by atoms with Crippen LogP contribution >= 0.6 is 7.75 Å². The number of aromatic amines is 1. The zero-order chi connectivity index (χ0) is 26.8. The fourth-order valence-corrected chi connectivity index (χ4v) is 5.95. The number of aromatic nitrogens is 2. The summed E-state index contributed by atoms with van der Waals surface area (Å²) >= 11 is 0. The molecule has 1 aromatic heterocycles. The number of benzene rings is 1. The molecule has 2 aromatic rings. The minimum absolute atomic E-state index is 0.245. The van der Waals surface area contributed by atoms with Gasteiger partial charge in [0.15, 0.2) is 0 Å².